The van der Waals surface area contributed by atoms with Crippen molar-refractivity contribution in [2.45, 2.75) is 32.2 Å². The molecule has 1 atom stereocenters. The fourth-order valence-corrected chi connectivity index (χ4v) is 3.83. The van der Waals surface area contributed by atoms with Crippen molar-refractivity contribution in [3.8, 4) is 0 Å². The Bertz CT molecular complexity index is 802. The van der Waals surface area contributed by atoms with Crippen LogP contribution in [0.5, 0.6) is 0 Å². The molecule has 0 spiro atoms. The van der Waals surface area contributed by atoms with Gasteiger partial charge >= 0.3 is 0 Å². The predicted octanol–water partition coefficient (Wildman–Crippen LogP) is 4.78. The van der Waals surface area contributed by atoms with Gasteiger partial charge in [-0.3, -0.25) is 9.59 Å². The molecule has 4 nitrogen and oxygen atoms in total. The van der Waals surface area contributed by atoms with E-state index >= 15 is 0 Å². The molecule has 0 fully saturated rings. The highest BCUT2D eigenvalue weighted by Crippen LogP contribution is 2.25. The van der Waals surface area contributed by atoms with E-state index in [1.54, 1.807) is 24.0 Å². The number of halogens is 2. The third kappa shape index (κ3) is 6.73. The Hall–Kier alpha value is -1.69. The van der Waals surface area contributed by atoms with Gasteiger partial charge in [0.2, 0.25) is 11.8 Å². The fourth-order valence-electron chi connectivity index (χ4n) is 2.65. The highest BCUT2D eigenvalue weighted by Gasteiger charge is 2.25. The van der Waals surface area contributed by atoms with E-state index < -0.39 is 6.04 Å². The third-order valence-electron chi connectivity index (χ3n) is 4.19. The van der Waals surface area contributed by atoms with E-state index in [1.165, 1.54) is 11.8 Å². The van der Waals surface area contributed by atoms with Crippen LogP contribution in [0.3, 0.4) is 0 Å². The number of nitrogens with zero attached hydrogens (tertiary/aromatic N) is 1. The fraction of sp³-hybridized carbons (Fsp3) is 0.333. The van der Waals surface area contributed by atoms with Crippen molar-refractivity contribution in [2.75, 3.05) is 12.3 Å². The van der Waals surface area contributed by atoms with E-state index in [9.17, 15) is 9.59 Å². The number of hydrogen-bond donors (Lipinski definition) is 1. The zero-order valence-corrected chi connectivity index (χ0v) is 18.3. The van der Waals surface area contributed by atoms with Crippen LogP contribution < -0.4 is 5.32 Å². The molecule has 2 aromatic carbocycles. The SMILES string of the molecule is CCNC(=O)C(C)N(Cc1ccccc1)C(=O)CSCc1ccc(Cl)c(Cl)c1. The van der Waals surface area contributed by atoms with Crippen LogP contribution in [0.15, 0.2) is 48.5 Å². The lowest BCUT2D eigenvalue weighted by molar-refractivity contribution is -0.138. The summed E-state index contributed by atoms with van der Waals surface area (Å²) in [5.74, 6) is 0.683. The predicted molar refractivity (Wildman–Crippen MR) is 118 cm³/mol. The molecule has 0 saturated heterocycles. The van der Waals surface area contributed by atoms with E-state index in [1.807, 2.05) is 43.3 Å². The summed E-state index contributed by atoms with van der Waals surface area (Å²) < 4.78 is 0. The molecule has 1 N–H and O–H groups in total. The normalized spacial score (nSPS) is 11.7. The molecule has 0 bridgehead atoms. The maximum absolute atomic E-state index is 12.9. The van der Waals surface area contributed by atoms with Crippen molar-refractivity contribution in [1.82, 2.24) is 10.2 Å². The summed E-state index contributed by atoms with van der Waals surface area (Å²) in [4.78, 5) is 26.8. The lowest BCUT2D eigenvalue weighted by Gasteiger charge is -2.28. The summed E-state index contributed by atoms with van der Waals surface area (Å²) in [6.07, 6.45) is 0. The van der Waals surface area contributed by atoms with Crippen LogP contribution in [0.4, 0.5) is 0 Å². The number of nitrogens with one attached hydrogen (secondary N) is 1. The standard InChI is InChI=1S/C21H24Cl2N2O2S/c1-3-24-21(27)15(2)25(12-16-7-5-4-6-8-16)20(26)14-28-13-17-9-10-18(22)19(23)11-17/h4-11,15H,3,12-14H2,1-2H3,(H,24,27). The van der Waals surface area contributed by atoms with Gasteiger partial charge in [-0.25, -0.2) is 0 Å². The van der Waals surface area contributed by atoms with Gasteiger partial charge in [-0.1, -0.05) is 59.6 Å². The highest BCUT2D eigenvalue weighted by atomic mass is 35.5. The Morgan fingerprint density at radius 3 is 2.43 bits per heavy atom. The molecule has 0 aromatic heterocycles. The Balaban J connectivity index is 2.02. The molecule has 0 aliphatic rings. The molecule has 0 radical (unpaired) electrons. The first kappa shape index (κ1) is 22.6. The van der Waals surface area contributed by atoms with E-state index in [-0.39, 0.29) is 17.6 Å². The maximum Gasteiger partial charge on any atom is 0.242 e. The molecule has 0 heterocycles. The Morgan fingerprint density at radius 2 is 1.79 bits per heavy atom. The number of rotatable bonds is 9. The second kappa shape index (κ2) is 11.3. The number of hydrogen-bond acceptors (Lipinski definition) is 3. The smallest absolute Gasteiger partial charge is 0.242 e. The Labute approximate surface area is 180 Å². The zero-order valence-electron chi connectivity index (χ0n) is 16.0. The van der Waals surface area contributed by atoms with Crippen LogP contribution in [0.2, 0.25) is 10.0 Å². The number of carbonyl (C=O) groups excluding carboxylic acids is 2. The van der Waals surface area contributed by atoms with Crippen LogP contribution in [0, 0.1) is 0 Å². The summed E-state index contributed by atoms with van der Waals surface area (Å²) in [5, 5.41) is 3.81. The van der Waals surface area contributed by atoms with Gasteiger partial charge in [0.05, 0.1) is 15.8 Å². The second-order valence-corrected chi connectivity index (χ2v) is 8.12. The summed E-state index contributed by atoms with van der Waals surface area (Å²) >= 11 is 13.5. The molecule has 2 aromatic rings. The molecule has 28 heavy (non-hydrogen) atoms. The number of amides is 2. The van der Waals surface area contributed by atoms with Crippen molar-refractivity contribution in [3.05, 3.63) is 69.7 Å². The molecule has 1 unspecified atom stereocenters. The van der Waals surface area contributed by atoms with Gasteiger partial charge < -0.3 is 10.2 Å². The molecule has 7 heteroatoms. The first-order chi connectivity index (χ1) is 13.4. The van der Waals surface area contributed by atoms with Gasteiger partial charge in [0.1, 0.15) is 6.04 Å². The van der Waals surface area contributed by atoms with E-state index in [4.69, 9.17) is 23.2 Å². The van der Waals surface area contributed by atoms with Gasteiger partial charge in [0, 0.05) is 18.8 Å². The van der Waals surface area contributed by atoms with Crippen molar-refractivity contribution in [1.29, 1.82) is 0 Å². The van der Waals surface area contributed by atoms with Gasteiger partial charge in [-0.15, -0.1) is 11.8 Å². The number of carbonyl (C=O) groups is 2. The Kier molecular flexibility index (Phi) is 9.16. The van der Waals surface area contributed by atoms with Gasteiger partial charge in [0.25, 0.3) is 0 Å². The minimum absolute atomic E-state index is 0.0762. The van der Waals surface area contributed by atoms with Crippen LogP contribution in [-0.2, 0) is 21.9 Å². The molecule has 2 rings (SSSR count). The summed E-state index contributed by atoms with van der Waals surface area (Å²) in [6.45, 7) is 4.55. The highest BCUT2D eigenvalue weighted by molar-refractivity contribution is 7.99. The van der Waals surface area contributed by atoms with E-state index in [2.05, 4.69) is 5.32 Å². The van der Waals surface area contributed by atoms with E-state index in [0.29, 0.717) is 28.9 Å². The van der Waals surface area contributed by atoms with Crippen LogP contribution in [0.25, 0.3) is 0 Å². The van der Waals surface area contributed by atoms with Crippen molar-refractivity contribution in [3.63, 3.8) is 0 Å². The van der Waals surface area contributed by atoms with Gasteiger partial charge in [-0.05, 0) is 37.1 Å². The summed E-state index contributed by atoms with van der Waals surface area (Å²) in [6, 6.07) is 14.6. The van der Waals surface area contributed by atoms with Crippen molar-refractivity contribution >= 4 is 46.8 Å². The summed E-state index contributed by atoms with van der Waals surface area (Å²) in [7, 11) is 0. The number of likely N-dealkylation sites (N-methyl/N-ethyl adjacent to an activating group) is 1. The molecular formula is C21H24Cl2N2O2S. The van der Waals surface area contributed by atoms with Crippen LogP contribution in [0.1, 0.15) is 25.0 Å². The zero-order chi connectivity index (χ0) is 20.5. The lowest BCUT2D eigenvalue weighted by Crippen LogP contribution is -2.48. The first-order valence-corrected chi connectivity index (χ1v) is 11.0. The lowest BCUT2D eigenvalue weighted by atomic mass is 10.1. The van der Waals surface area contributed by atoms with Gasteiger partial charge in [0.15, 0.2) is 0 Å². The second-order valence-electron chi connectivity index (χ2n) is 6.32. The van der Waals surface area contributed by atoms with Crippen LogP contribution in [-0.4, -0.2) is 35.1 Å². The largest absolute Gasteiger partial charge is 0.355 e. The average molecular weight is 439 g/mol. The summed E-state index contributed by atoms with van der Waals surface area (Å²) in [5.41, 5.74) is 1.99. The molecule has 0 aliphatic carbocycles. The maximum atomic E-state index is 12.9. The molecule has 150 valence electrons. The minimum Gasteiger partial charge on any atom is -0.355 e. The Morgan fingerprint density at radius 1 is 1.07 bits per heavy atom. The third-order valence-corrected chi connectivity index (χ3v) is 5.92. The quantitative estimate of drug-likeness (QED) is 0.612. The first-order valence-electron chi connectivity index (χ1n) is 9.05. The van der Waals surface area contributed by atoms with E-state index in [0.717, 1.165) is 11.1 Å². The number of benzene rings is 2. The molecular weight excluding hydrogens is 415 g/mol. The minimum atomic E-state index is -0.543. The monoisotopic (exact) mass is 438 g/mol. The van der Waals surface area contributed by atoms with Crippen LogP contribution >= 0.6 is 35.0 Å². The molecule has 2 amide bonds. The average Bonchev–Trinajstić information content (AvgIpc) is 2.69. The van der Waals surface area contributed by atoms with Gasteiger partial charge in [-0.2, -0.15) is 0 Å². The van der Waals surface area contributed by atoms with Crippen molar-refractivity contribution < 1.29 is 9.59 Å². The topological polar surface area (TPSA) is 49.4 Å². The molecule has 0 saturated carbocycles. The number of thioether (sulfide) groups is 1. The molecule has 0 aliphatic heterocycles. The van der Waals surface area contributed by atoms with Crippen molar-refractivity contribution in [2.24, 2.45) is 0 Å².